The van der Waals surface area contributed by atoms with E-state index in [2.05, 4.69) is 15.6 Å². The molecule has 2 saturated carbocycles. The summed E-state index contributed by atoms with van der Waals surface area (Å²) >= 11 is 6.27. The number of hydrogen-bond acceptors (Lipinski definition) is 2. The van der Waals surface area contributed by atoms with Crippen LogP contribution in [0.1, 0.15) is 31.2 Å². The fourth-order valence-corrected chi connectivity index (χ4v) is 3.50. The average molecular weight is 464 g/mol. The van der Waals surface area contributed by atoms with E-state index in [0.29, 0.717) is 5.41 Å². The molecule has 0 saturated heterocycles. The maximum absolute atomic E-state index is 6.27. The van der Waals surface area contributed by atoms with Gasteiger partial charge in [0.25, 0.3) is 0 Å². The lowest BCUT2D eigenvalue weighted by atomic mass is 10.0. The predicted octanol–water partition coefficient (Wildman–Crippen LogP) is 3.86. The van der Waals surface area contributed by atoms with E-state index in [1.807, 2.05) is 25.2 Å². The number of nitrogens with zero attached hydrogens (tertiary/aromatic N) is 1. The minimum atomic E-state index is 0. The Balaban J connectivity index is 0.00000208. The Morgan fingerprint density at radius 2 is 2.08 bits per heavy atom. The lowest BCUT2D eigenvalue weighted by Gasteiger charge is -2.18. The SMILES string of the molecule is CN=C(NCCc1ccc(OC)cc1Cl)NCC1(C2CC2)CC1.I. The quantitative estimate of drug-likeness (QED) is 0.367. The van der Waals surface area contributed by atoms with Gasteiger partial charge in [-0.15, -0.1) is 24.0 Å². The summed E-state index contributed by atoms with van der Waals surface area (Å²) < 4.78 is 5.17. The molecule has 1 aromatic carbocycles. The van der Waals surface area contributed by atoms with E-state index in [1.165, 1.54) is 25.7 Å². The summed E-state index contributed by atoms with van der Waals surface area (Å²) in [5.74, 6) is 2.65. The highest BCUT2D eigenvalue weighted by atomic mass is 127. The lowest BCUT2D eigenvalue weighted by Crippen LogP contribution is -2.41. The van der Waals surface area contributed by atoms with Gasteiger partial charge in [-0.3, -0.25) is 4.99 Å². The van der Waals surface area contributed by atoms with Gasteiger partial charge in [0, 0.05) is 25.2 Å². The fraction of sp³-hybridized carbons (Fsp3) is 0.611. The van der Waals surface area contributed by atoms with Crippen LogP contribution in [0.3, 0.4) is 0 Å². The lowest BCUT2D eigenvalue weighted by molar-refractivity contribution is 0.414. The molecule has 0 atom stereocenters. The summed E-state index contributed by atoms with van der Waals surface area (Å²) in [4.78, 5) is 4.32. The number of rotatable bonds is 7. The highest BCUT2D eigenvalue weighted by molar-refractivity contribution is 14.0. The van der Waals surface area contributed by atoms with Crippen molar-refractivity contribution in [2.24, 2.45) is 16.3 Å². The second kappa shape index (κ2) is 8.61. The van der Waals surface area contributed by atoms with Gasteiger partial charge in [0.2, 0.25) is 0 Å². The molecule has 6 heteroatoms. The zero-order valence-electron chi connectivity index (χ0n) is 14.4. The monoisotopic (exact) mass is 463 g/mol. The van der Waals surface area contributed by atoms with Gasteiger partial charge in [-0.05, 0) is 61.1 Å². The van der Waals surface area contributed by atoms with Crippen molar-refractivity contribution < 1.29 is 4.74 Å². The highest BCUT2D eigenvalue weighted by Crippen LogP contribution is 2.60. The Labute approximate surface area is 166 Å². The smallest absolute Gasteiger partial charge is 0.191 e. The number of halogens is 2. The Kier molecular flexibility index (Phi) is 7.04. The van der Waals surface area contributed by atoms with Crippen molar-refractivity contribution >= 4 is 41.5 Å². The fourth-order valence-electron chi connectivity index (χ4n) is 3.24. The Hall–Kier alpha value is -0.690. The summed E-state index contributed by atoms with van der Waals surface area (Å²) in [7, 11) is 3.48. The van der Waals surface area contributed by atoms with Crippen LogP contribution in [0.15, 0.2) is 23.2 Å². The van der Waals surface area contributed by atoms with Crippen molar-refractivity contribution in [1.29, 1.82) is 0 Å². The molecule has 24 heavy (non-hydrogen) atoms. The normalized spacial score (nSPS) is 18.5. The minimum Gasteiger partial charge on any atom is -0.497 e. The van der Waals surface area contributed by atoms with Crippen LogP contribution >= 0.6 is 35.6 Å². The van der Waals surface area contributed by atoms with Gasteiger partial charge in [-0.2, -0.15) is 0 Å². The number of ether oxygens (including phenoxy) is 1. The summed E-state index contributed by atoms with van der Waals surface area (Å²) in [6.45, 7) is 1.86. The van der Waals surface area contributed by atoms with Crippen LogP contribution < -0.4 is 15.4 Å². The van der Waals surface area contributed by atoms with E-state index in [4.69, 9.17) is 16.3 Å². The molecular weight excluding hydrogens is 437 g/mol. The molecular formula is C18H27ClIN3O. The van der Waals surface area contributed by atoms with E-state index in [1.54, 1.807) is 7.11 Å². The first-order chi connectivity index (χ1) is 11.2. The zero-order chi connectivity index (χ0) is 16.3. The van der Waals surface area contributed by atoms with Gasteiger partial charge in [0.05, 0.1) is 7.11 Å². The van der Waals surface area contributed by atoms with E-state index in [9.17, 15) is 0 Å². The first kappa shape index (κ1) is 19.6. The van der Waals surface area contributed by atoms with E-state index >= 15 is 0 Å². The zero-order valence-corrected chi connectivity index (χ0v) is 17.5. The largest absolute Gasteiger partial charge is 0.497 e. The number of benzene rings is 1. The van der Waals surface area contributed by atoms with Crippen molar-refractivity contribution in [3.63, 3.8) is 0 Å². The molecule has 2 aliphatic carbocycles. The molecule has 0 spiro atoms. The molecule has 0 aliphatic heterocycles. The third kappa shape index (κ3) is 4.91. The van der Waals surface area contributed by atoms with E-state index in [0.717, 1.165) is 47.7 Å². The van der Waals surface area contributed by atoms with Crippen molar-refractivity contribution in [3.8, 4) is 5.75 Å². The molecule has 4 nitrogen and oxygen atoms in total. The molecule has 0 aromatic heterocycles. The number of hydrogen-bond donors (Lipinski definition) is 2. The molecule has 0 unspecified atom stereocenters. The molecule has 3 rings (SSSR count). The van der Waals surface area contributed by atoms with Crippen molar-refractivity contribution in [2.75, 3.05) is 27.2 Å². The first-order valence-electron chi connectivity index (χ1n) is 8.44. The number of guanidine groups is 1. The van der Waals surface area contributed by atoms with Gasteiger partial charge < -0.3 is 15.4 Å². The number of methoxy groups -OCH3 is 1. The van der Waals surface area contributed by atoms with Crippen LogP contribution in [0.25, 0.3) is 0 Å². The van der Waals surface area contributed by atoms with Crippen LogP contribution in [-0.2, 0) is 6.42 Å². The topological polar surface area (TPSA) is 45.7 Å². The molecule has 2 fully saturated rings. The first-order valence-corrected chi connectivity index (χ1v) is 8.81. The van der Waals surface area contributed by atoms with Crippen LogP contribution in [0.2, 0.25) is 5.02 Å². The summed E-state index contributed by atoms with van der Waals surface area (Å²) in [6, 6.07) is 5.82. The number of nitrogens with one attached hydrogen (secondary N) is 2. The average Bonchev–Trinajstić information content (AvgIpc) is 3.45. The summed E-state index contributed by atoms with van der Waals surface area (Å²) in [5, 5.41) is 7.63. The van der Waals surface area contributed by atoms with E-state index in [-0.39, 0.29) is 24.0 Å². The Bertz CT molecular complexity index is 586. The molecule has 0 heterocycles. The Morgan fingerprint density at radius 3 is 2.62 bits per heavy atom. The summed E-state index contributed by atoms with van der Waals surface area (Å²) in [5.41, 5.74) is 1.70. The van der Waals surface area contributed by atoms with Crippen LogP contribution in [0.4, 0.5) is 0 Å². The number of aliphatic imine (C=N–C) groups is 1. The maximum Gasteiger partial charge on any atom is 0.191 e. The standard InChI is InChI=1S/C18H26ClN3O.HI/c1-20-17(22-12-18(8-9-18)14-4-5-14)21-10-7-13-3-6-15(23-2)11-16(13)19;/h3,6,11,14H,4-5,7-10,12H2,1-2H3,(H2,20,21,22);1H. The van der Waals surface area contributed by atoms with E-state index < -0.39 is 0 Å². The molecule has 0 radical (unpaired) electrons. The molecule has 2 N–H and O–H groups in total. The Morgan fingerprint density at radius 1 is 1.33 bits per heavy atom. The van der Waals surface area contributed by atoms with Crippen molar-refractivity contribution in [3.05, 3.63) is 28.8 Å². The van der Waals surface area contributed by atoms with Gasteiger partial charge >= 0.3 is 0 Å². The molecule has 0 amide bonds. The molecule has 0 bridgehead atoms. The predicted molar refractivity (Wildman–Crippen MR) is 111 cm³/mol. The molecule has 134 valence electrons. The van der Waals surface area contributed by atoms with Crippen molar-refractivity contribution in [1.82, 2.24) is 10.6 Å². The molecule has 2 aliphatic rings. The second-order valence-corrected chi connectivity index (χ2v) is 7.10. The maximum atomic E-state index is 6.27. The van der Waals surface area contributed by atoms with Crippen LogP contribution in [-0.4, -0.2) is 33.2 Å². The molecule has 1 aromatic rings. The minimum absolute atomic E-state index is 0. The van der Waals surface area contributed by atoms with Gasteiger partial charge in [0.15, 0.2) is 5.96 Å². The third-order valence-corrected chi connectivity index (χ3v) is 5.47. The third-order valence-electron chi connectivity index (χ3n) is 5.11. The van der Waals surface area contributed by atoms with Crippen molar-refractivity contribution in [2.45, 2.75) is 32.1 Å². The summed E-state index contributed by atoms with van der Waals surface area (Å²) in [6.07, 6.45) is 6.46. The highest BCUT2D eigenvalue weighted by Gasteiger charge is 2.53. The van der Waals surface area contributed by atoms with Gasteiger partial charge in [-0.1, -0.05) is 17.7 Å². The van der Waals surface area contributed by atoms with Crippen LogP contribution in [0, 0.1) is 11.3 Å². The van der Waals surface area contributed by atoms with Gasteiger partial charge in [-0.25, -0.2) is 0 Å². The van der Waals surface area contributed by atoms with Crippen LogP contribution in [0.5, 0.6) is 5.75 Å². The van der Waals surface area contributed by atoms with Gasteiger partial charge in [0.1, 0.15) is 5.75 Å². The second-order valence-electron chi connectivity index (χ2n) is 6.70.